The van der Waals surface area contributed by atoms with E-state index in [1.54, 1.807) is 0 Å². The van der Waals surface area contributed by atoms with Gasteiger partial charge in [-0.1, -0.05) is 188 Å². The van der Waals surface area contributed by atoms with Crippen molar-refractivity contribution in [3.63, 3.8) is 0 Å². The van der Waals surface area contributed by atoms with E-state index < -0.39 is 0 Å². The van der Waals surface area contributed by atoms with Crippen molar-refractivity contribution in [2.75, 3.05) is 4.90 Å². The first-order valence-electron chi connectivity index (χ1n) is 22.7. The lowest BCUT2D eigenvalue weighted by molar-refractivity contribution is 1.18. The molecule has 0 N–H and O–H groups in total. The van der Waals surface area contributed by atoms with Gasteiger partial charge in [-0.3, -0.25) is 0 Å². The maximum absolute atomic E-state index is 2.46. The highest BCUT2D eigenvalue weighted by Crippen LogP contribution is 2.45. The van der Waals surface area contributed by atoms with E-state index in [0.29, 0.717) is 0 Å². The second-order valence-corrected chi connectivity index (χ2v) is 17.3. The molecule has 1 heterocycles. The van der Waals surface area contributed by atoms with Crippen LogP contribution in [0.25, 0.3) is 104 Å². The first-order chi connectivity index (χ1) is 32.7. The largest absolute Gasteiger partial charge is 0.311 e. The van der Waals surface area contributed by atoms with Gasteiger partial charge in [0.05, 0.1) is 11.0 Å². The van der Waals surface area contributed by atoms with Gasteiger partial charge in [0.1, 0.15) is 0 Å². The number of rotatable bonds is 8. The van der Waals surface area contributed by atoms with Gasteiger partial charge >= 0.3 is 0 Å². The van der Waals surface area contributed by atoms with E-state index in [-0.39, 0.29) is 0 Å². The van der Waals surface area contributed by atoms with Crippen molar-refractivity contribution < 1.29 is 0 Å². The Morgan fingerprint density at radius 2 is 0.667 bits per heavy atom. The molecule has 0 aliphatic heterocycles. The molecular weight excluding hydrogens is 797 g/mol. The predicted octanol–water partition coefficient (Wildman–Crippen LogP) is 17.8. The van der Waals surface area contributed by atoms with Crippen molar-refractivity contribution in [3.05, 3.63) is 255 Å². The lowest BCUT2D eigenvalue weighted by Gasteiger charge is -2.26. The van der Waals surface area contributed by atoms with Gasteiger partial charge in [-0.25, -0.2) is 0 Å². The lowest BCUT2D eigenvalue weighted by Crippen LogP contribution is -2.09. The normalized spacial score (nSPS) is 11.6. The molecule has 13 rings (SSSR count). The highest BCUT2D eigenvalue weighted by Gasteiger charge is 2.20. The number of benzene rings is 12. The van der Waals surface area contributed by atoms with E-state index >= 15 is 0 Å². The molecule has 0 saturated heterocycles. The Bertz CT molecular complexity index is 3760. The number of anilines is 3. The quantitative estimate of drug-likeness (QED) is 0.138. The Morgan fingerprint density at radius 3 is 1.18 bits per heavy atom. The average molecular weight is 839 g/mol. The number of nitrogens with zero attached hydrogens (tertiary/aromatic N) is 2. The topological polar surface area (TPSA) is 8.17 Å². The molecule has 2 nitrogen and oxygen atoms in total. The molecule has 1 aromatic heterocycles. The number of aromatic nitrogens is 1. The molecule has 2 heteroatoms. The van der Waals surface area contributed by atoms with Crippen molar-refractivity contribution in [1.29, 1.82) is 0 Å². The first kappa shape index (κ1) is 37.8. The summed E-state index contributed by atoms with van der Waals surface area (Å²) in [5.41, 5.74) is 16.4. The third kappa shape index (κ3) is 6.34. The van der Waals surface area contributed by atoms with E-state index in [1.165, 1.54) is 98.6 Å². The van der Waals surface area contributed by atoms with E-state index in [4.69, 9.17) is 0 Å². The fourth-order valence-electron chi connectivity index (χ4n) is 10.3. The molecule has 0 radical (unpaired) electrons. The Kier molecular flexibility index (Phi) is 8.89. The first-order valence-corrected chi connectivity index (χ1v) is 22.7. The zero-order chi connectivity index (χ0) is 43.6. The van der Waals surface area contributed by atoms with Crippen molar-refractivity contribution in [3.8, 4) is 50.2 Å². The SMILES string of the molecule is c1ccc(-c2ccc(N(c3ccc(-c4ccccc4)cc3)c3ccc(-c4ccc5c(c4)c4c6ccc7cccc8ccc(cc4n5-c4ccc(-c5ccccc5)cc4)c6c87)cc3)cc2)cc1. The molecule has 0 amide bonds. The van der Waals surface area contributed by atoms with Gasteiger partial charge in [0.2, 0.25) is 0 Å². The smallest absolute Gasteiger partial charge is 0.0553 e. The van der Waals surface area contributed by atoms with Gasteiger partial charge in [0.15, 0.2) is 0 Å². The highest BCUT2D eigenvalue weighted by molar-refractivity contribution is 6.33. The van der Waals surface area contributed by atoms with Gasteiger partial charge in [0.25, 0.3) is 0 Å². The summed E-state index contributed by atoms with van der Waals surface area (Å²) in [5, 5.41) is 10.3. The zero-order valence-electron chi connectivity index (χ0n) is 36.1. The van der Waals surface area contributed by atoms with E-state index in [1.807, 2.05) is 0 Å². The van der Waals surface area contributed by atoms with Gasteiger partial charge in [0, 0.05) is 33.5 Å². The third-order valence-electron chi connectivity index (χ3n) is 13.5. The second-order valence-electron chi connectivity index (χ2n) is 17.3. The second kappa shape index (κ2) is 15.5. The maximum atomic E-state index is 2.46. The van der Waals surface area contributed by atoms with Crippen molar-refractivity contribution >= 4 is 71.2 Å². The molecule has 0 spiro atoms. The molecule has 0 saturated carbocycles. The summed E-state index contributed by atoms with van der Waals surface area (Å²) in [6.45, 7) is 0. The van der Waals surface area contributed by atoms with Crippen LogP contribution in [0.3, 0.4) is 0 Å². The van der Waals surface area contributed by atoms with Crippen molar-refractivity contribution in [2.24, 2.45) is 0 Å². The number of fused-ring (bicyclic) bond motifs is 4. The Hall–Kier alpha value is -8.72. The standard InChI is InChI=1S/C64H42N2/c1-4-11-43(12-5-1)46-21-31-54(32-22-46)65(55-33-23-47(24-34-55)44-13-6-2-7-14-44)56-35-27-49(28-36-56)52-30-40-60-59(41-52)64-58-39-29-51-18-10-17-50-19-20-53(63(58)62(50)51)42-61(64)66(60)57-37-25-48(26-38-57)45-15-8-3-9-16-45/h1-42H. The van der Waals surface area contributed by atoms with Crippen LogP contribution in [0.1, 0.15) is 0 Å². The predicted molar refractivity (Wildman–Crippen MR) is 281 cm³/mol. The molecule has 0 aliphatic carbocycles. The van der Waals surface area contributed by atoms with Crippen LogP contribution in [0.4, 0.5) is 17.1 Å². The van der Waals surface area contributed by atoms with E-state index in [0.717, 1.165) is 22.7 Å². The fourth-order valence-corrected chi connectivity index (χ4v) is 10.3. The van der Waals surface area contributed by atoms with Crippen LogP contribution in [-0.4, -0.2) is 4.57 Å². The van der Waals surface area contributed by atoms with Crippen molar-refractivity contribution in [2.45, 2.75) is 0 Å². The van der Waals surface area contributed by atoms with Crippen molar-refractivity contribution in [1.82, 2.24) is 4.57 Å². The molecular formula is C64H42N2. The van der Waals surface area contributed by atoms with Gasteiger partial charge < -0.3 is 9.47 Å². The Morgan fingerprint density at radius 1 is 0.242 bits per heavy atom. The maximum Gasteiger partial charge on any atom is 0.0553 e. The van der Waals surface area contributed by atoms with Crippen LogP contribution in [0.2, 0.25) is 0 Å². The minimum atomic E-state index is 1.10. The van der Waals surface area contributed by atoms with Gasteiger partial charge in [-0.15, -0.1) is 0 Å². The summed E-state index contributed by atoms with van der Waals surface area (Å²) in [5.74, 6) is 0. The van der Waals surface area contributed by atoms with Crippen LogP contribution in [0, 0.1) is 0 Å². The monoisotopic (exact) mass is 838 g/mol. The summed E-state index contributed by atoms with van der Waals surface area (Å²) in [4.78, 5) is 2.36. The third-order valence-corrected chi connectivity index (χ3v) is 13.5. The molecule has 66 heavy (non-hydrogen) atoms. The lowest BCUT2D eigenvalue weighted by atomic mass is 9.91. The molecule has 0 unspecified atom stereocenters. The van der Waals surface area contributed by atoms with Crippen LogP contribution in [0.5, 0.6) is 0 Å². The molecule has 0 fully saturated rings. The molecule has 13 aromatic rings. The van der Waals surface area contributed by atoms with Crippen LogP contribution in [-0.2, 0) is 0 Å². The molecule has 308 valence electrons. The zero-order valence-corrected chi connectivity index (χ0v) is 36.1. The summed E-state index contributed by atoms with van der Waals surface area (Å²) in [6, 6.07) is 93.1. The van der Waals surface area contributed by atoms with E-state index in [2.05, 4.69) is 264 Å². The van der Waals surface area contributed by atoms with Gasteiger partial charge in [-0.2, -0.15) is 0 Å². The number of hydrogen-bond acceptors (Lipinski definition) is 1. The fraction of sp³-hybridized carbons (Fsp3) is 0. The summed E-state index contributed by atoms with van der Waals surface area (Å²) in [6.07, 6.45) is 0. The molecule has 0 atom stereocenters. The van der Waals surface area contributed by atoms with Gasteiger partial charge in [-0.05, 0) is 144 Å². The van der Waals surface area contributed by atoms with Crippen LogP contribution >= 0.6 is 0 Å². The van der Waals surface area contributed by atoms with Crippen LogP contribution < -0.4 is 4.90 Å². The highest BCUT2D eigenvalue weighted by atomic mass is 15.1. The van der Waals surface area contributed by atoms with E-state index in [9.17, 15) is 0 Å². The molecule has 0 bridgehead atoms. The summed E-state index contributed by atoms with van der Waals surface area (Å²) in [7, 11) is 0. The molecule has 0 aliphatic rings. The average Bonchev–Trinajstić information content (AvgIpc) is 3.73. The Labute approximate surface area is 383 Å². The summed E-state index contributed by atoms with van der Waals surface area (Å²) >= 11 is 0. The number of hydrogen-bond donors (Lipinski definition) is 0. The van der Waals surface area contributed by atoms with Crippen LogP contribution in [0.15, 0.2) is 255 Å². The minimum Gasteiger partial charge on any atom is -0.311 e. The summed E-state index contributed by atoms with van der Waals surface area (Å²) < 4.78 is 2.46. The minimum absolute atomic E-state index is 1.10. The Balaban J connectivity index is 0.944. The molecule has 12 aromatic carbocycles.